The van der Waals surface area contributed by atoms with E-state index in [4.69, 9.17) is 16.6 Å². The van der Waals surface area contributed by atoms with Gasteiger partial charge in [-0.25, -0.2) is 4.79 Å². The molecule has 56 heavy (non-hydrogen) atoms. The van der Waals surface area contributed by atoms with Gasteiger partial charge in [0.15, 0.2) is 0 Å². The van der Waals surface area contributed by atoms with E-state index >= 15 is 0 Å². The van der Waals surface area contributed by atoms with Gasteiger partial charge in [-0.1, -0.05) is 42.5 Å². The second kappa shape index (κ2) is 24.0. The van der Waals surface area contributed by atoms with Gasteiger partial charge in [-0.15, -0.1) is 0 Å². The number of carboxylic acid groups (broad SMARTS) is 1. The molecule has 0 aromatic heterocycles. The Bertz CT molecular complexity index is 1610. The lowest BCUT2D eigenvalue weighted by molar-refractivity contribution is -0.143. The van der Waals surface area contributed by atoms with Crippen LogP contribution < -0.4 is 43.4 Å². The fourth-order valence-corrected chi connectivity index (χ4v) is 5.13. The Hall–Kier alpha value is -5.67. The van der Waals surface area contributed by atoms with Crippen molar-refractivity contribution in [3.8, 4) is 5.75 Å². The zero-order valence-electron chi connectivity index (χ0n) is 30.9. The molecule has 0 aliphatic heterocycles. The van der Waals surface area contributed by atoms with Crippen LogP contribution >= 0.6 is 0 Å². The highest BCUT2D eigenvalue weighted by molar-refractivity contribution is 5.97. The lowest BCUT2D eigenvalue weighted by Crippen LogP contribution is -2.60. The average molecular weight is 789 g/mol. The van der Waals surface area contributed by atoms with Gasteiger partial charge in [0.1, 0.15) is 48.0 Å². The maximum atomic E-state index is 13.9. The number of carbonyl (C=O) groups excluding carboxylic acids is 6. The highest BCUT2D eigenvalue weighted by Gasteiger charge is 2.33. The predicted octanol–water partition coefficient (Wildman–Crippen LogP) is -4.38. The molecular weight excluding hydrogens is 736 g/mol. The summed E-state index contributed by atoms with van der Waals surface area (Å²) in [5.41, 5.74) is 12.2. The van der Waals surface area contributed by atoms with Crippen LogP contribution in [-0.2, 0) is 46.4 Å². The van der Waals surface area contributed by atoms with E-state index in [-0.39, 0.29) is 31.6 Å². The van der Waals surface area contributed by atoms with Gasteiger partial charge in [0.2, 0.25) is 35.4 Å². The van der Waals surface area contributed by atoms with Gasteiger partial charge in [-0.3, -0.25) is 28.8 Å². The normalized spacial score (nSPS) is 14.7. The minimum absolute atomic E-state index is 0.0155. The molecular formula is C36H52N8O12. The molecule has 0 saturated carbocycles. The first-order chi connectivity index (χ1) is 26.6. The van der Waals surface area contributed by atoms with Gasteiger partial charge in [0.25, 0.3) is 0 Å². The van der Waals surface area contributed by atoms with Crippen LogP contribution in [0.4, 0.5) is 0 Å². The quantitative estimate of drug-likeness (QED) is 0.0447. The molecule has 2 rings (SSSR count). The number of hydrogen-bond donors (Lipinski definition) is 13. The fourth-order valence-electron chi connectivity index (χ4n) is 5.13. The minimum Gasteiger partial charge on any atom is -0.508 e. The third kappa shape index (κ3) is 15.6. The van der Waals surface area contributed by atoms with E-state index in [1.807, 2.05) is 0 Å². The summed E-state index contributed by atoms with van der Waals surface area (Å²) < 4.78 is 0. The van der Waals surface area contributed by atoms with Crippen LogP contribution in [0.2, 0.25) is 0 Å². The maximum absolute atomic E-state index is 13.9. The predicted molar refractivity (Wildman–Crippen MR) is 199 cm³/mol. The van der Waals surface area contributed by atoms with E-state index in [1.54, 1.807) is 30.3 Å². The van der Waals surface area contributed by atoms with Gasteiger partial charge in [0.05, 0.1) is 19.8 Å². The number of carbonyl (C=O) groups is 7. The molecule has 0 heterocycles. The van der Waals surface area contributed by atoms with Crippen molar-refractivity contribution in [1.29, 1.82) is 0 Å². The Morgan fingerprint density at radius 1 is 0.571 bits per heavy atom. The van der Waals surface area contributed by atoms with Crippen molar-refractivity contribution in [3.05, 3.63) is 65.7 Å². The second-order valence-electron chi connectivity index (χ2n) is 12.9. The van der Waals surface area contributed by atoms with E-state index in [0.717, 1.165) is 0 Å². The Kier molecular flexibility index (Phi) is 19.9. The molecule has 0 unspecified atom stereocenters. The lowest BCUT2D eigenvalue weighted by atomic mass is 10.0. The Balaban J connectivity index is 2.36. The van der Waals surface area contributed by atoms with Crippen LogP contribution in [0.15, 0.2) is 54.6 Å². The van der Waals surface area contributed by atoms with E-state index in [2.05, 4.69) is 31.9 Å². The van der Waals surface area contributed by atoms with Crippen LogP contribution in [-0.4, -0.2) is 136 Å². The summed E-state index contributed by atoms with van der Waals surface area (Å²) in [5.74, 6) is -6.99. The molecule has 20 heteroatoms. The molecule has 6 amide bonds. The number of aliphatic hydroxyl groups excluding tert-OH is 3. The molecule has 0 radical (unpaired) electrons. The fraction of sp³-hybridized carbons (Fsp3) is 0.472. The van der Waals surface area contributed by atoms with Crippen molar-refractivity contribution in [3.63, 3.8) is 0 Å². The summed E-state index contributed by atoms with van der Waals surface area (Å²) in [6.07, 6.45) is 0.497. The number of amides is 6. The highest BCUT2D eigenvalue weighted by Crippen LogP contribution is 2.13. The minimum atomic E-state index is -1.69. The van der Waals surface area contributed by atoms with Crippen LogP contribution in [0.25, 0.3) is 0 Å². The Morgan fingerprint density at radius 2 is 1.04 bits per heavy atom. The second-order valence-corrected chi connectivity index (χ2v) is 12.9. The van der Waals surface area contributed by atoms with E-state index in [1.165, 1.54) is 31.2 Å². The molecule has 0 aliphatic rings. The molecule has 0 fully saturated rings. The van der Waals surface area contributed by atoms with Crippen molar-refractivity contribution in [2.45, 2.75) is 81.3 Å². The Morgan fingerprint density at radius 3 is 1.54 bits per heavy atom. The summed E-state index contributed by atoms with van der Waals surface area (Å²) in [6, 6.07) is 4.12. The smallest absolute Gasteiger partial charge is 0.328 e. The van der Waals surface area contributed by atoms with Gasteiger partial charge in [-0.05, 0) is 56.0 Å². The zero-order valence-corrected chi connectivity index (χ0v) is 30.9. The molecule has 0 saturated heterocycles. The zero-order chi connectivity index (χ0) is 41.8. The standard InChI is InChI=1S/C36H52N8O12/c1-20(39-31(50)24(38)17-45)30(49)43-28(18-46)35(54)42-26(15-21-7-3-2-4-8-21)33(52)40-25(9-5-6-14-37)32(51)41-27(16-22-10-12-23(48)13-11-22)34(53)44-29(19-47)36(55)56/h2-4,7-8,10-13,20,24-29,45-48H,5-6,9,14-19,37-38H2,1H3,(H,39,50)(H,40,52)(H,41,51)(H,42,54)(H,43,49)(H,44,53)(H,55,56)/t20-,24-,25-,26-,27-,28-,29-/m0/s1. The number of nitrogens with two attached hydrogens (primary N) is 2. The molecule has 308 valence electrons. The molecule has 2 aromatic rings. The molecule has 2 aromatic carbocycles. The van der Waals surface area contributed by atoms with Gasteiger partial charge >= 0.3 is 5.97 Å². The summed E-state index contributed by atoms with van der Waals surface area (Å²) in [7, 11) is 0. The average Bonchev–Trinajstić information content (AvgIpc) is 3.18. The number of aromatic hydroxyl groups is 1. The summed E-state index contributed by atoms with van der Waals surface area (Å²) in [6.45, 7) is -1.01. The third-order valence-corrected chi connectivity index (χ3v) is 8.40. The molecule has 7 atom stereocenters. The third-order valence-electron chi connectivity index (χ3n) is 8.40. The summed E-state index contributed by atoms with van der Waals surface area (Å²) in [4.78, 5) is 90.8. The van der Waals surface area contributed by atoms with Crippen molar-refractivity contribution in [2.24, 2.45) is 11.5 Å². The van der Waals surface area contributed by atoms with Crippen molar-refractivity contribution in [2.75, 3.05) is 26.4 Å². The number of hydrogen-bond acceptors (Lipinski definition) is 13. The van der Waals surface area contributed by atoms with Crippen molar-refractivity contribution < 1.29 is 59.1 Å². The number of rotatable bonds is 24. The largest absolute Gasteiger partial charge is 0.508 e. The molecule has 20 nitrogen and oxygen atoms in total. The summed E-state index contributed by atoms with van der Waals surface area (Å²) in [5, 5.41) is 62.0. The lowest BCUT2D eigenvalue weighted by Gasteiger charge is -2.27. The van der Waals surface area contributed by atoms with E-state index in [0.29, 0.717) is 24.0 Å². The first kappa shape index (κ1) is 46.5. The van der Waals surface area contributed by atoms with Gasteiger partial charge in [0, 0.05) is 12.8 Å². The number of phenols is 1. The van der Waals surface area contributed by atoms with E-state index in [9.17, 15) is 54.0 Å². The van der Waals surface area contributed by atoms with Gasteiger partial charge < -0.3 is 68.9 Å². The number of aliphatic hydroxyl groups is 3. The summed E-state index contributed by atoms with van der Waals surface area (Å²) >= 11 is 0. The number of benzene rings is 2. The van der Waals surface area contributed by atoms with Crippen molar-refractivity contribution in [1.82, 2.24) is 31.9 Å². The molecule has 0 bridgehead atoms. The number of aliphatic carboxylic acids is 1. The van der Waals surface area contributed by atoms with Crippen LogP contribution in [0.5, 0.6) is 5.75 Å². The molecule has 0 spiro atoms. The van der Waals surface area contributed by atoms with Gasteiger partial charge in [-0.2, -0.15) is 0 Å². The van der Waals surface area contributed by atoms with Crippen LogP contribution in [0, 0.1) is 0 Å². The first-order valence-corrected chi connectivity index (χ1v) is 17.8. The number of unbranched alkanes of at least 4 members (excludes halogenated alkanes) is 1. The Labute approximate surface area is 322 Å². The van der Waals surface area contributed by atoms with Crippen LogP contribution in [0.1, 0.15) is 37.3 Å². The first-order valence-electron chi connectivity index (χ1n) is 17.8. The van der Waals surface area contributed by atoms with E-state index < -0.39 is 104 Å². The monoisotopic (exact) mass is 788 g/mol. The number of phenolic OH excluding ortho intramolecular Hbond substituents is 1. The number of carboxylic acids is 1. The molecule has 0 aliphatic carbocycles. The topological polar surface area (TPSA) is 345 Å². The molecule has 15 N–H and O–H groups in total. The van der Waals surface area contributed by atoms with Crippen molar-refractivity contribution >= 4 is 41.4 Å². The van der Waals surface area contributed by atoms with Crippen LogP contribution in [0.3, 0.4) is 0 Å². The SMILES string of the molecule is C[C@H](NC(=O)[C@@H](N)CO)C(=O)N[C@@H](CO)C(=O)N[C@@H](Cc1ccccc1)C(=O)N[C@@H](CCCCN)C(=O)N[C@@H](Cc1ccc(O)cc1)C(=O)N[C@@H](CO)C(=O)O. The highest BCUT2D eigenvalue weighted by atomic mass is 16.4. The maximum Gasteiger partial charge on any atom is 0.328 e. The number of nitrogens with one attached hydrogen (secondary N) is 6.